The number of amides is 4. The van der Waals surface area contributed by atoms with Crippen LogP contribution in [0.4, 0.5) is 17.6 Å². The Morgan fingerprint density at radius 2 is 1.88 bits per heavy atom. The highest BCUT2D eigenvalue weighted by molar-refractivity contribution is 6.34. The average molecular weight is 490 g/mol. The largest absolute Gasteiger partial charge is 0.522 e. The molecule has 1 aliphatic rings. The Kier molecular flexibility index (Phi) is 9.06. The molecular weight excluding hydrogens is 468 g/mol. The van der Waals surface area contributed by atoms with Gasteiger partial charge >= 0.3 is 18.2 Å². The van der Waals surface area contributed by atoms with E-state index in [9.17, 15) is 41.5 Å². The highest BCUT2D eigenvalue weighted by atomic mass is 19.4. The highest BCUT2D eigenvalue weighted by Gasteiger charge is 2.36. The summed E-state index contributed by atoms with van der Waals surface area (Å²) in [6.45, 7) is -1.14. The number of nitrogens with one attached hydrogen (secondary N) is 3. The van der Waals surface area contributed by atoms with Gasteiger partial charge in [0.05, 0.1) is 6.04 Å². The fourth-order valence-electron chi connectivity index (χ4n) is 3.29. The average Bonchev–Trinajstić information content (AvgIpc) is 3.14. The Morgan fingerprint density at radius 1 is 1.18 bits per heavy atom. The molecule has 0 radical (unpaired) electrons. The van der Waals surface area contributed by atoms with Crippen molar-refractivity contribution < 1.29 is 46.3 Å². The van der Waals surface area contributed by atoms with Gasteiger partial charge in [-0.15, -0.1) is 13.2 Å². The molecular formula is C20H22F4N4O6. The van der Waals surface area contributed by atoms with E-state index in [2.05, 4.69) is 15.4 Å². The molecule has 0 unspecified atom stereocenters. The van der Waals surface area contributed by atoms with Gasteiger partial charge < -0.3 is 21.7 Å². The second-order valence-electron chi connectivity index (χ2n) is 7.50. The summed E-state index contributed by atoms with van der Waals surface area (Å²) in [5.41, 5.74) is 5.12. The molecule has 0 saturated carbocycles. The molecule has 1 aliphatic heterocycles. The Hall–Kier alpha value is -3.55. The van der Waals surface area contributed by atoms with Gasteiger partial charge in [0.15, 0.2) is 5.78 Å². The van der Waals surface area contributed by atoms with Gasteiger partial charge in [-0.3, -0.25) is 28.7 Å². The fourth-order valence-corrected chi connectivity index (χ4v) is 3.29. The van der Waals surface area contributed by atoms with Crippen molar-refractivity contribution >= 4 is 29.4 Å². The first-order valence-electron chi connectivity index (χ1n) is 10.0. The lowest BCUT2D eigenvalue weighted by Crippen LogP contribution is -2.55. The number of primary amides is 1. The Bertz CT molecular complexity index is 955. The molecule has 14 heteroatoms. The van der Waals surface area contributed by atoms with E-state index >= 15 is 0 Å². The van der Waals surface area contributed by atoms with Gasteiger partial charge in [-0.1, -0.05) is 12.1 Å². The van der Waals surface area contributed by atoms with Crippen molar-refractivity contribution in [3.05, 3.63) is 35.6 Å². The van der Waals surface area contributed by atoms with Crippen LogP contribution < -0.4 is 21.7 Å². The molecule has 0 aliphatic carbocycles. The van der Waals surface area contributed by atoms with E-state index in [-0.39, 0.29) is 31.4 Å². The van der Waals surface area contributed by atoms with Gasteiger partial charge in [-0.05, 0) is 30.5 Å². The molecule has 3 atom stereocenters. The van der Waals surface area contributed by atoms with E-state index in [0.29, 0.717) is 0 Å². The monoisotopic (exact) mass is 490 g/mol. The first kappa shape index (κ1) is 26.7. The number of hydrogen-bond donors (Lipinski definition) is 4. The van der Waals surface area contributed by atoms with Crippen LogP contribution >= 0.6 is 0 Å². The van der Waals surface area contributed by atoms with Crippen molar-refractivity contribution in [2.24, 2.45) is 11.7 Å². The minimum absolute atomic E-state index is 0.225. The molecule has 1 aromatic carbocycles. The van der Waals surface area contributed by atoms with Gasteiger partial charge in [0.25, 0.3) is 0 Å². The van der Waals surface area contributed by atoms with Gasteiger partial charge in [0.1, 0.15) is 18.5 Å². The Balaban J connectivity index is 2.22. The van der Waals surface area contributed by atoms with Crippen molar-refractivity contribution in [3.63, 3.8) is 0 Å². The molecule has 0 aromatic heterocycles. The van der Waals surface area contributed by atoms with Crippen LogP contribution in [0.5, 0.6) is 0 Å². The zero-order valence-corrected chi connectivity index (χ0v) is 17.6. The SMILES string of the molecule is NC(=O)C(=O)N[C@@H](Cc1cccc(F)c1)C(=O)N[C@@H](C[C@@H]1CCNC1=O)C(=O)COC(F)(F)F. The minimum atomic E-state index is -5.11. The first-order valence-corrected chi connectivity index (χ1v) is 10.0. The molecule has 4 amide bonds. The number of rotatable bonds is 10. The van der Waals surface area contributed by atoms with Gasteiger partial charge in [0.2, 0.25) is 11.8 Å². The van der Waals surface area contributed by atoms with Crippen LogP contribution in [0.1, 0.15) is 18.4 Å². The number of hydrogen-bond acceptors (Lipinski definition) is 6. The van der Waals surface area contributed by atoms with Crippen LogP contribution in [0, 0.1) is 11.7 Å². The van der Waals surface area contributed by atoms with Gasteiger partial charge in [-0.25, -0.2) is 4.39 Å². The summed E-state index contributed by atoms with van der Waals surface area (Å²) in [5.74, 6) is -6.87. The molecule has 5 N–H and O–H groups in total. The first-order chi connectivity index (χ1) is 15.9. The summed E-state index contributed by atoms with van der Waals surface area (Å²) in [4.78, 5) is 60.0. The molecule has 1 fully saturated rings. The summed E-state index contributed by atoms with van der Waals surface area (Å²) in [6.07, 6.45) is -5.49. The lowest BCUT2D eigenvalue weighted by Gasteiger charge is -2.24. The van der Waals surface area contributed by atoms with Crippen LogP contribution in [-0.2, 0) is 35.1 Å². The smallest absolute Gasteiger partial charge is 0.361 e. The van der Waals surface area contributed by atoms with E-state index in [1.54, 1.807) is 0 Å². The van der Waals surface area contributed by atoms with Crippen molar-refractivity contribution in [3.8, 4) is 0 Å². The van der Waals surface area contributed by atoms with E-state index < -0.39 is 66.2 Å². The summed E-state index contributed by atoms with van der Waals surface area (Å²) >= 11 is 0. The molecule has 1 saturated heterocycles. The zero-order valence-electron chi connectivity index (χ0n) is 17.6. The van der Waals surface area contributed by atoms with Crippen LogP contribution in [-0.4, -0.2) is 61.0 Å². The van der Waals surface area contributed by atoms with Crippen molar-refractivity contribution in [1.29, 1.82) is 0 Å². The third kappa shape index (κ3) is 8.42. The summed E-state index contributed by atoms with van der Waals surface area (Å²) < 4.78 is 54.2. The third-order valence-corrected chi connectivity index (χ3v) is 4.94. The van der Waals surface area contributed by atoms with Crippen molar-refractivity contribution in [2.75, 3.05) is 13.2 Å². The molecule has 34 heavy (non-hydrogen) atoms. The molecule has 186 valence electrons. The van der Waals surface area contributed by atoms with E-state index in [1.165, 1.54) is 12.1 Å². The van der Waals surface area contributed by atoms with E-state index in [1.807, 2.05) is 5.32 Å². The number of nitrogens with two attached hydrogens (primary N) is 1. The lowest BCUT2D eigenvalue weighted by molar-refractivity contribution is -0.321. The van der Waals surface area contributed by atoms with Crippen LogP contribution in [0.25, 0.3) is 0 Å². The topological polar surface area (TPSA) is 157 Å². The fraction of sp³-hybridized carbons (Fsp3) is 0.450. The zero-order chi connectivity index (χ0) is 25.5. The van der Waals surface area contributed by atoms with Crippen LogP contribution in [0.3, 0.4) is 0 Å². The molecule has 10 nitrogen and oxygen atoms in total. The second kappa shape index (κ2) is 11.5. The number of halogens is 4. The van der Waals surface area contributed by atoms with E-state index in [0.717, 1.165) is 12.1 Å². The number of Topliss-reactive ketones (excluding diaryl/α,β-unsaturated/α-hetero) is 1. The number of ketones is 1. The predicted molar refractivity (Wildman–Crippen MR) is 106 cm³/mol. The van der Waals surface area contributed by atoms with Crippen LogP contribution in [0.2, 0.25) is 0 Å². The number of carbonyl (C=O) groups is 5. The molecule has 1 aromatic rings. The molecule has 0 spiro atoms. The summed E-state index contributed by atoms with van der Waals surface area (Å²) in [6, 6.07) is 1.81. The number of benzene rings is 1. The maximum absolute atomic E-state index is 13.5. The van der Waals surface area contributed by atoms with Gasteiger partial charge in [0, 0.05) is 18.9 Å². The predicted octanol–water partition coefficient (Wildman–Crippen LogP) is -0.545. The van der Waals surface area contributed by atoms with E-state index in [4.69, 9.17) is 5.73 Å². The normalized spacial score (nSPS) is 17.4. The van der Waals surface area contributed by atoms with Gasteiger partial charge in [-0.2, -0.15) is 0 Å². The second-order valence-corrected chi connectivity index (χ2v) is 7.50. The number of ether oxygens (including phenoxy) is 1. The number of alkyl halides is 3. The summed E-state index contributed by atoms with van der Waals surface area (Å²) in [5, 5.41) is 6.75. The molecule has 2 rings (SSSR count). The van der Waals surface area contributed by atoms with Crippen LogP contribution in [0.15, 0.2) is 24.3 Å². The minimum Gasteiger partial charge on any atom is -0.361 e. The number of carbonyl (C=O) groups excluding carboxylic acids is 5. The maximum Gasteiger partial charge on any atom is 0.522 e. The third-order valence-electron chi connectivity index (χ3n) is 4.94. The van der Waals surface area contributed by atoms with Crippen molar-refractivity contribution in [1.82, 2.24) is 16.0 Å². The van der Waals surface area contributed by atoms with Crippen molar-refractivity contribution in [2.45, 2.75) is 37.7 Å². The standard InChI is InChI=1S/C20H22F4N4O6/c21-12-3-1-2-10(6-12)7-14(28-19(33)16(25)30)18(32)27-13(8-11-4-5-26-17(11)31)15(29)9-34-20(22,23)24/h1-3,6,11,13-14H,4-5,7-9H2,(H2,25,30)(H,26,31)(H,27,32)(H,28,33)/t11-,13-,14-/m0/s1. The maximum atomic E-state index is 13.5. The Morgan fingerprint density at radius 3 is 2.44 bits per heavy atom. The lowest BCUT2D eigenvalue weighted by atomic mass is 9.95. The highest BCUT2D eigenvalue weighted by Crippen LogP contribution is 2.19. The molecule has 0 bridgehead atoms. The quantitative estimate of drug-likeness (QED) is 0.255. The summed E-state index contributed by atoms with van der Waals surface area (Å²) in [7, 11) is 0. The molecule has 1 heterocycles. The Labute approximate surface area is 190 Å².